The van der Waals surface area contributed by atoms with Crippen molar-refractivity contribution in [2.24, 2.45) is 0 Å². The highest BCUT2D eigenvalue weighted by atomic mass is 79.9. The molecular weight excluding hydrogens is 565 g/mol. The molecule has 0 aliphatic carbocycles. The minimum atomic E-state index is -4.75. The van der Waals surface area contributed by atoms with Gasteiger partial charge < -0.3 is 9.29 Å². The van der Waals surface area contributed by atoms with Crippen molar-refractivity contribution in [3.8, 4) is 5.75 Å². The van der Waals surface area contributed by atoms with Crippen molar-refractivity contribution in [3.05, 3.63) is 58.6 Å². The number of benzene rings is 2. The maximum atomic E-state index is 12.5. The minimum Gasteiger partial charge on any atom is -0.755 e. The Balaban J connectivity index is 1.91. The number of hydrogen-bond acceptors (Lipinski definition) is 5. The van der Waals surface area contributed by atoms with Crippen molar-refractivity contribution in [2.45, 2.75) is 45.5 Å². The van der Waals surface area contributed by atoms with Gasteiger partial charge in [-0.05, 0) is 72.0 Å². The third-order valence-corrected chi connectivity index (χ3v) is 8.53. The van der Waals surface area contributed by atoms with Crippen LogP contribution in [0.25, 0.3) is 10.1 Å². The molecule has 2 atom stereocenters. The van der Waals surface area contributed by atoms with Crippen LogP contribution in [0.3, 0.4) is 0 Å². The number of anilines is 1. The lowest BCUT2D eigenvalue weighted by atomic mass is 10.0. The highest BCUT2D eigenvalue weighted by Crippen LogP contribution is 2.42. The molecule has 3 aromatic rings. The van der Waals surface area contributed by atoms with E-state index in [1.54, 1.807) is 12.1 Å². The topological polar surface area (TPSA) is 55.8 Å². The summed E-state index contributed by atoms with van der Waals surface area (Å²) in [4.78, 5) is 2.25. The van der Waals surface area contributed by atoms with Crippen LogP contribution in [0, 0.1) is 0 Å². The Bertz CT molecular complexity index is 1120. The van der Waals surface area contributed by atoms with Crippen LogP contribution in [-0.2, 0) is 17.7 Å². The van der Waals surface area contributed by atoms with Gasteiger partial charge in [0.2, 0.25) is 0 Å². The summed E-state index contributed by atoms with van der Waals surface area (Å²) >= 11 is 2.47. The van der Waals surface area contributed by atoms with E-state index < -0.39 is 17.6 Å². The first-order chi connectivity index (χ1) is 16.6. The molecule has 0 radical (unpaired) electrons. The molecule has 0 aliphatic rings. The monoisotopic (exact) mass is 591 g/mol. The number of hydrogen-bond donors (Lipinski definition) is 0. The predicted molar refractivity (Wildman–Crippen MR) is 139 cm³/mol. The molecule has 0 saturated carbocycles. The van der Waals surface area contributed by atoms with Gasteiger partial charge in [-0.3, -0.25) is 13.4 Å². The van der Waals surface area contributed by atoms with E-state index in [1.807, 2.05) is 24.3 Å². The molecule has 0 bridgehead atoms. The first-order valence-electron chi connectivity index (χ1n) is 11.3. The second-order valence-corrected chi connectivity index (χ2v) is 10.8. The van der Waals surface area contributed by atoms with Gasteiger partial charge >= 0.3 is 6.36 Å². The maximum Gasteiger partial charge on any atom is 0.573 e. The SMILES string of the molecule is CCCN(CCC)C(Cc1ccc(OC(F)(F)F)cc1)CN(c1sc2ccccc2c1Br)S(=O)[O-]. The normalized spacial score (nSPS) is 13.8. The Morgan fingerprint density at radius 2 is 1.71 bits per heavy atom. The Labute approximate surface area is 218 Å². The van der Waals surface area contributed by atoms with Gasteiger partial charge in [-0.1, -0.05) is 44.2 Å². The second kappa shape index (κ2) is 12.5. The molecule has 3 rings (SSSR count). The lowest BCUT2D eigenvalue weighted by Crippen LogP contribution is -2.46. The number of halogens is 4. The average Bonchev–Trinajstić information content (AvgIpc) is 3.12. The molecule has 0 fully saturated rings. The minimum absolute atomic E-state index is 0.181. The van der Waals surface area contributed by atoms with Crippen molar-refractivity contribution in [1.82, 2.24) is 4.90 Å². The van der Waals surface area contributed by atoms with E-state index in [9.17, 15) is 21.9 Å². The third-order valence-electron chi connectivity index (χ3n) is 5.47. The first-order valence-corrected chi connectivity index (χ1v) is 13.9. The van der Waals surface area contributed by atoms with Gasteiger partial charge in [-0.25, -0.2) is 0 Å². The highest BCUT2D eigenvalue weighted by molar-refractivity contribution is 9.10. The zero-order valence-electron chi connectivity index (χ0n) is 19.4. The van der Waals surface area contributed by atoms with Crippen molar-refractivity contribution in [2.75, 3.05) is 23.9 Å². The molecule has 192 valence electrons. The van der Waals surface area contributed by atoms with Gasteiger partial charge in [-0.2, -0.15) is 0 Å². The summed E-state index contributed by atoms with van der Waals surface area (Å²) in [5.74, 6) is -0.284. The molecule has 2 aromatic carbocycles. The molecule has 0 amide bonds. The summed E-state index contributed by atoms with van der Waals surface area (Å²) < 4.78 is 69.4. The van der Waals surface area contributed by atoms with Crippen LogP contribution in [0.5, 0.6) is 5.75 Å². The van der Waals surface area contributed by atoms with Gasteiger partial charge in [-0.15, -0.1) is 24.5 Å². The Kier molecular flexibility index (Phi) is 10.00. The van der Waals surface area contributed by atoms with E-state index in [0.29, 0.717) is 11.4 Å². The van der Waals surface area contributed by atoms with Crippen molar-refractivity contribution < 1.29 is 26.7 Å². The standard InChI is InChI=1S/C24H28BrF3N2O3S2/c1-3-13-29(14-4-2)18(15-17-9-11-19(12-10-17)33-24(26,27)28)16-30(35(31)32)23-22(25)20-7-5-6-8-21(20)34-23/h5-12,18H,3-4,13-16H2,1-2H3,(H,31,32)/p-1. The molecular formula is C24H27BrF3N2O3S2-. The zero-order valence-corrected chi connectivity index (χ0v) is 22.6. The molecule has 0 aliphatic heterocycles. The number of alkyl halides is 3. The number of ether oxygens (including phenoxy) is 1. The average molecular weight is 593 g/mol. The number of rotatable bonds is 12. The highest BCUT2D eigenvalue weighted by Gasteiger charge is 2.31. The van der Waals surface area contributed by atoms with E-state index in [-0.39, 0.29) is 18.3 Å². The van der Waals surface area contributed by atoms with E-state index >= 15 is 0 Å². The zero-order chi connectivity index (χ0) is 25.6. The van der Waals surface area contributed by atoms with Crippen LogP contribution in [0.15, 0.2) is 53.0 Å². The Morgan fingerprint density at radius 3 is 2.26 bits per heavy atom. The van der Waals surface area contributed by atoms with Gasteiger partial charge in [0.15, 0.2) is 0 Å². The smallest absolute Gasteiger partial charge is 0.573 e. The summed E-state index contributed by atoms with van der Waals surface area (Å²) in [5, 5.41) is 1.55. The van der Waals surface area contributed by atoms with E-state index in [0.717, 1.165) is 46.1 Å². The lowest BCUT2D eigenvalue weighted by molar-refractivity contribution is -0.274. The predicted octanol–water partition coefficient (Wildman–Crippen LogP) is 6.90. The third kappa shape index (κ3) is 7.66. The Morgan fingerprint density at radius 1 is 1.09 bits per heavy atom. The van der Waals surface area contributed by atoms with Gasteiger partial charge in [0, 0.05) is 33.9 Å². The molecule has 11 heteroatoms. The number of nitrogens with zero attached hydrogens (tertiary/aromatic N) is 2. The molecule has 1 aromatic heterocycles. The lowest BCUT2D eigenvalue weighted by Gasteiger charge is -2.36. The fraction of sp³-hybridized carbons (Fsp3) is 0.417. The summed E-state index contributed by atoms with van der Waals surface area (Å²) in [6.07, 6.45) is -2.49. The molecule has 0 N–H and O–H groups in total. The van der Waals surface area contributed by atoms with Crippen LogP contribution in [0.1, 0.15) is 32.3 Å². The van der Waals surface area contributed by atoms with Gasteiger partial charge in [0.1, 0.15) is 10.8 Å². The van der Waals surface area contributed by atoms with E-state index in [4.69, 9.17) is 0 Å². The summed E-state index contributed by atoms with van der Waals surface area (Å²) in [6.45, 7) is 5.90. The molecule has 1 heterocycles. The number of fused-ring (bicyclic) bond motifs is 1. The first kappa shape index (κ1) is 27.9. The molecule has 0 spiro atoms. The van der Waals surface area contributed by atoms with Crippen molar-refractivity contribution >= 4 is 53.6 Å². The fourth-order valence-electron chi connectivity index (χ4n) is 4.02. The largest absolute Gasteiger partial charge is 0.755 e. The van der Waals surface area contributed by atoms with Crippen molar-refractivity contribution in [1.29, 1.82) is 0 Å². The fourth-order valence-corrected chi connectivity index (χ4v) is 6.90. The van der Waals surface area contributed by atoms with Gasteiger partial charge in [0.25, 0.3) is 0 Å². The number of thiophene rings is 1. The maximum absolute atomic E-state index is 12.5. The van der Waals surface area contributed by atoms with E-state index in [1.165, 1.54) is 27.8 Å². The summed E-state index contributed by atoms with van der Waals surface area (Å²) in [6, 6.07) is 13.3. The Hall–Kier alpha value is -1.66. The molecule has 35 heavy (non-hydrogen) atoms. The molecule has 5 nitrogen and oxygen atoms in total. The van der Waals surface area contributed by atoms with Crippen LogP contribution < -0.4 is 9.04 Å². The van der Waals surface area contributed by atoms with Gasteiger partial charge in [0.05, 0.1) is 4.47 Å². The quantitative estimate of drug-likeness (QED) is 0.215. The van der Waals surface area contributed by atoms with Crippen LogP contribution in [0.2, 0.25) is 0 Å². The van der Waals surface area contributed by atoms with Crippen molar-refractivity contribution in [3.63, 3.8) is 0 Å². The molecule has 2 unspecified atom stereocenters. The summed E-state index contributed by atoms with van der Waals surface area (Å²) in [7, 11) is 0. The van der Waals surface area contributed by atoms with Crippen LogP contribution in [0.4, 0.5) is 18.2 Å². The van der Waals surface area contributed by atoms with Crippen LogP contribution >= 0.6 is 27.3 Å². The second-order valence-electron chi connectivity index (χ2n) is 8.08. The van der Waals surface area contributed by atoms with Crippen LogP contribution in [-0.4, -0.2) is 45.7 Å². The molecule has 0 saturated heterocycles. The summed E-state index contributed by atoms with van der Waals surface area (Å²) in [5.41, 5.74) is 0.800. The van der Waals surface area contributed by atoms with E-state index in [2.05, 4.69) is 39.4 Å².